The molecule has 4 nitrogen and oxygen atoms in total. The Morgan fingerprint density at radius 1 is 1.24 bits per heavy atom. The molecule has 0 saturated heterocycles. The van der Waals surface area contributed by atoms with Crippen LogP contribution in [0.3, 0.4) is 0 Å². The van der Waals surface area contributed by atoms with Crippen LogP contribution in [0.25, 0.3) is 0 Å². The minimum atomic E-state index is -0.683. The van der Waals surface area contributed by atoms with Crippen LogP contribution in [0.4, 0.5) is 5.69 Å². The number of ether oxygens (including phenoxy) is 1. The van der Waals surface area contributed by atoms with Crippen LogP contribution < -0.4 is 15.8 Å². The monoisotopic (exact) mass is 284 g/mol. The molecule has 0 bridgehead atoms. The number of benzene rings is 2. The van der Waals surface area contributed by atoms with E-state index < -0.39 is 6.04 Å². The summed E-state index contributed by atoms with van der Waals surface area (Å²) in [4.78, 5) is 12.2. The number of nitrogens with one attached hydrogen (secondary N) is 1. The number of hydrogen-bond acceptors (Lipinski definition) is 3. The molecule has 0 heterocycles. The van der Waals surface area contributed by atoms with E-state index in [1.54, 1.807) is 0 Å². The second-order valence-electron chi connectivity index (χ2n) is 4.79. The normalized spacial score (nSPS) is 11.8. The van der Waals surface area contributed by atoms with Gasteiger partial charge in [0.25, 0.3) is 0 Å². The SMILES string of the molecule is CCOc1ccc(NC(=O)[C@H](N)c2ccccc2)c(C)c1. The highest BCUT2D eigenvalue weighted by atomic mass is 16.5. The first-order valence-corrected chi connectivity index (χ1v) is 6.96. The van der Waals surface area contributed by atoms with Crippen molar-refractivity contribution >= 4 is 11.6 Å². The third kappa shape index (κ3) is 3.83. The number of hydrogen-bond donors (Lipinski definition) is 2. The van der Waals surface area contributed by atoms with Gasteiger partial charge in [-0.25, -0.2) is 0 Å². The third-order valence-corrected chi connectivity index (χ3v) is 3.21. The maximum Gasteiger partial charge on any atom is 0.245 e. The van der Waals surface area contributed by atoms with Crippen molar-refractivity contribution in [3.8, 4) is 5.75 Å². The van der Waals surface area contributed by atoms with Gasteiger partial charge in [-0.15, -0.1) is 0 Å². The Labute approximate surface area is 124 Å². The highest BCUT2D eigenvalue weighted by Crippen LogP contribution is 2.22. The summed E-state index contributed by atoms with van der Waals surface area (Å²) in [5, 5.41) is 2.86. The predicted molar refractivity (Wildman–Crippen MR) is 84.3 cm³/mol. The number of carbonyl (C=O) groups is 1. The van der Waals surface area contributed by atoms with E-state index in [2.05, 4.69) is 5.32 Å². The fraction of sp³-hybridized carbons (Fsp3) is 0.235. The molecule has 0 radical (unpaired) electrons. The molecule has 1 amide bonds. The van der Waals surface area contributed by atoms with E-state index in [0.717, 1.165) is 22.6 Å². The Kier molecular flexibility index (Phi) is 4.95. The molecule has 2 rings (SSSR count). The van der Waals surface area contributed by atoms with Gasteiger partial charge >= 0.3 is 0 Å². The maximum absolute atomic E-state index is 12.2. The molecular weight excluding hydrogens is 264 g/mol. The Balaban J connectivity index is 2.09. The molecule has 0 aromatic heterocycles. The van der Waals surface area contributed by atoms with E-state index in [-0.39, 0.29) is 5.91 Å². The second-order valence-corrected chi connectivity index (χ2v) is 4.79. The lowest BCUT2D eigenvalue weighted by molar-refractivity contribution is -0.117. The first kappa shape index (κ1) is 15.1. The van der Waals surface area contributed by atoms with Gasteiger partial charge in [0.15, 0.2) is 0 Å². The number of amides is 1. The van der Waals surface area contributed by atoms with Gasteiger partial charge in [-0.3, -0.25) is 4.79 Å². The lowest BCUT2D eigenvalue weighted by atomic mass is 10.1. The van der Waals surface area contributed by atoms with E-state index in [4.69, 9.17) is 10.5 Å². The molecular formula is C17H20N2O2. The maximum atomic E-state index is 12.2. The first-order chi connectivity index (χ1) is 10.1. The van der Waals surface area contributed by atoms with Gasteiger partial charge in [0.1, 0.15) is 11.8 Å². The van der Waals surface area contributed by atoms with Gasteiger partial charge < -0.3 is 15.8 Å². The molecule has 110 valence electrons. The molecule has 21 heavy (non-hydrogen) atoms. The predicted octanol–water partition coefficient (Wildman–Crippen LogP) is 3.03. The number of nitrogens with two attached hydrogens (primary N) is 1. The average Bonchev–Trinajstić information content (AvgIpc) is 2.50. The van der Waals surface area contributed by atoms with E-state index >= 15 is 0 Å². The number of anilines is 1. The van der Waals surface area contributed by atoms with E-state index in [1.807, 2.05) is 62.4 Å². The zero-order valence-electron chi connectivity index (χ0n) is 12.3. The third-order valence-electron chi connectivity index (χ3n) is 3.21. The van der Waals surface area contributed by atoms with Crippen molar-refractivity contribution in [2.45, 2.75) is 19.9 Å². The Morgan fingerprint density at radius 2 is 1.95 bits per heavy atom. The van der Waals surface area contributed by atoms with Gasteiger partial charge in [-0.1, -0.05) is 30.3 Å². The second kappa shape index (κ2) is 6.90. The summed E-state index contributed by atoms with van der Waals surface area (Å²) in [6.07, 6.45) is 0. The highest BCUT2D eigenvalue weighted by molar-refractivity contribution is 5.96. The molecule has 0 fully saturated rings. The lowest BCUT2D eigenvalue weighted by Gasteiger charge is -2.15. The van der Waals surface area contributed by atoms with Crippen LogP contribution in [0, 0.1) is 6.92 Å². The summed E-state index contributed by atoms with van der Waals surface area (Å²) in [6.45, 7) is 4.47. The first-order valence-electron chi connectivity index (χ1n) is 6.96. The van der Waals surface area contributed by atoms with Gasteiger partial charge in [0.05, 0.1) is 6.61 Å². The zero-order chi connectivity index (χ0) is 15.2. The quantitative estimate of drug-likeness (QED) is 0.887. The van der Waals surface area contributed by atoms with Crippen molar-refractivity contribution in [2.75, 3.05) is 11.9 Å². The van der Waals surface area contributed by atoms with E-state index in [0.29, 0.717) is 6.61 Å². The van der Waals surface area contributed by atoms with Gasteiger partial charge in [-0.2, -0.15) is 0 Å². The minimum Gasteiger partial charge on any atom is -0.494 e. The molecule has 1 atom stereocenters. The molecule has 0 saturated carbocycles. The van der Waals surface area contributed by atoms with Gasteiger partial charge in [0.2, 0.25) is 5.91 Å². The summed E-state index contributed by atoms with van der Waals surface area (Å²) in [6, 6.07) is 14.2. The van der Waals surface area contributed by atoms with Gasteiger partial charge in [-0.05, 0) is 43.2 Å². The van der Waals surface area contributed by atoms with Crippen LogP contribution >= 0.6 is 0 Å². The van der Waals surface area contributed by atoms with Crippen molar-refractivity contribution < 1.29 is 9.53 Å². The van der Waals surface area contributed by atoms with Crippen LogP contribution in [-0.4, -0.2) is 12.5 Å². The number of aryl methyl sites for hydroxylation is 1. The fourth-order valence-electron chi connectivity index (χ4n) is 2.06. The van der Waals surface area contributed by atoms with Gasteiger partial charge in [0, 0.05) is 5.69 Å². The van der Waals surface area contributed by atoms with Crippen molar-refractivity contribution in [3.05, 3.63) is 59.7 Å². The number of carbonyl (C=O) groups excluding carboxylic acids is 1. The van der Waals surface area contributed by atoms with Crippen molar-refractivity contribution in [1.29, 1.82) is 0 Å². The molecule has 2 aromatic rings. The van der Waals surface area contributed by atoms with Crippen molar-refractivity contribution in [3.63, 3.8) is 0 Å². The molecule has 4 heteroatoms. The molecule has 3 N–H and O–H groups in total. The van der Waals surface area contributed by atoms with Crippen LogP contribution in [0.15, 0.2) is 48.5 Å². The lowest BCUT2D eigenvalue weighted by Crippen LogP contribution is -2.27. The summed E-state index contributed by atoms with van der Waals surface area (Å²) in [5.41, 5.74) is 8.45. The van der Waals surface area contributed by atoms with Crippen LogP contribution in [0.5, 0.6) is 5.75 Å². The van der Waals surface area contributed by atoms with Crippen LogP contribution in [0.2, 0.25) is 0 Å². The summed E-state index contributed by atoms with van der Waals surface area (Å²) >= 11 is 0. The van der Waals surface area contributed by atoms with E-state index in [9.17, 15) is 4.79 Å². The number of rotatable bonds is 5. The smallest absolute Gasteiger partial charge is 0.245 e. The topological polar surface area (TPSA) is 64.3 Å². The Morgan fingerprint density at radius 3 is 2.57 bits per heavy atom. The van der Waals surface area contributed by atoms with E-state index in [1.165, 1.54) is 0 Å². The minimum absolute atomic E-state index is 0.228. The van der Waals surface area contributed by atoms with Crippen molar-refractivity contribution in [2.24, 2.45) is 5.73 Å². The molecule has 2 aromatic carbocycles. The molecule has 0 aliphatic carbocycles. The summed E-state index contributed by atoms with van der Waals surface area (Å²) in [5.74, 6) is 0.564. The standard InChI is InChI=1S/C17H20N2O2/c1-3-21-14-9-10-15(12(2)11-14)19-17(20)16(18)13-7-5-4-6-8-13/h4-11,16H,3,18H2,1-2H3,(H,19,20)/t16-/m1/s1. The summed E-state index contributed by atoms with van der Waals surface area (Å²) in [7, 11) is 0. The largest absolute Gasteiger partial charge is 0.494 e. The van der Waals surface area contributed by atoms with Crippen LogP contribution in [-0.2, 0) is 4.79 Å². The van der Waals surface area contributed by atoms with Crippen molar-refractivity contribution in [1.82, 2.24) is 0 Å². The Hall–Kier alpha value is -2.33. The molecule has 0 spiro atoms. The Bertz CT molecular complexity index is 611. The molecule has 0 aliphatic heterocycles. The molecule has 0 aliphatic rings. The average molecular weight is 284 g/mol. The summed E-state index contributed by atoms with van der Waals surface area (Å²) < 4.78 is 5.43. The highest BCUT2D eigenvalue weighted by Gasteiger charge is 2.16. The fourth-order valence-corrected chi connectivity index (χ4v) is 2.06. The zero-order valence-corrected chi connectivity index (χ0v) is 12.3. The van der Waals surface area contributed by atoms with Crippen LogP contribution in [0.1, 0.15) is 24.1 Å². The molecule has 0 unspecified atom stereocenters.